The second-order valence-electron chi connectivity index (χ2n) is 9.67. The molecule has 0 aliphatic carbocycles. The molecule has 0 bridgehead atoms. The van der Waals surface area contributed by atoms with E-state index in [9.17, 15) is 0 Å². The van der Waals surface area contributed by atoms with Crippen LogP contribution in [-0.4, -0.2) is 6.71 Å². The van der Waals surface area contributed by atoms with Crippen molar-refractivity contribution in [3.05, 3.63) is 127 Å². The average molecular weight is 440 g/mol. The SMILES string of the molecule is c1ccc(B2c3ccccc3-c3c2cc2ccc4c(-c5ccccc5)ccc5ccc3c2c54)cc1. The third-order valence-corrected chi connectivity index (χ3v) is 7.88. The zero-order chi connectivity index (χ0) is 22.9. The van der Waals surface area contributed by atoms with Crippen molar-refractivity contribution in [1.29, 1.82) is 0 Å². The van der Waals surface area contributed by atoms with Gasteiger partial charge in [0.25, 0.3) is 0 Å². The Kier molecular flexibility index (Phi) is 3.84. The molecule has 0 atom stereocenters. The predicted molar refractivity (Wildman–Crippen MR) is 152 cm³/mol. The zero-order valence-corrected chi connectivity index (χ0v) is 19.2. The molecule has 0 saturated heterocycles. The lowest BCUT2D eigenvalue weighted by molar-refractivity contribution is 1.66. The van der Waals surface area contributed by atoms with Gasteiger partial charge in [-0.1, -0.05) is 144 Å². The molecule has 7 aromatic rings. The molecule has 1 aliphatic heterocycles. The van der Waals surface area contributed by atoms with Gasteiger partial charge in [0.05, 0.1) is 0 Å². The minimum absolute atomic E-state index is 0.268. The Bertz CT molecular complexity index is 1880. The molecule has 0 nitrogen and oxygen atoms in total. The number of hydrogen-bond donors (Lipinski definition) is 0. The number of rotatable bonds is 2. The molecule has 1 aliphatic rings. The van der Waals surface area contributed by atoms with Gasteiger partial charge < -0.3 is 0 Å². The minimum atomic E-state index is 0.268. The summed E-state index contributed by atoms with van der Waals surface area (Å²) in [6.45, 7) is 0.268. The highest BCUT2D eigenvalue weighted by molar-refractivity contribution is 6.99. The van der Waals surface area contributed by atoms with Gasteiger partial charge in [0.2, 0.25) is 6.71 Å². The van der Waals surface area contributed by atoms with Crippen molar-refractivity contribution in [2.24, 2.45) is 0 Å². The van der Waals surface area contributed by atoms with E-state index in [2.05, 4.69) is 127 Å². The van der Waals surface area contributed by atoms with E-state index in [4.69, 9.17) is 0 Å². The second-order valence-corrected chi connectivity index (χ2v) is 9.67. The zero-order valence-electron chi connectivity index (χ0n) is 19.2. The molecule has 0 radical (unpaired) electrons. The molecule has 0 amide bonds. The summed E-state index contributed by atoms with van der Waals surface area (Å²) in [6, 6.07) is 47.1. The predicted octanol–water partition coefficient (Wildman–Crippen LogP) is 6.75. The van der Waals surface area contributed by atoms with Crippen molar-refractivity contribution >= 4 is 55.4 Å². The maximum Gasteiger partial charge on any atom is 0.242 e. The lowest BCUT2D eigenvalue weighted by Crippen LogP contribution is -2.48. The average Bonchev–Trinajstić information content (AvgIpc) is 3.26. The van der Waals surface area contributed by atoms with Crippen molar-refractivity contribution in [2.75, 3.05) is 0 Å². The van der Waals surface area contributed by atoms with Gasteiger partial charge in [0, 0.05) is 0 Å². The van der Waals surface area contributed by atoms with Crippen molar-refractivity contribution in [2.45, 2.75) is 0 Å². The molecule has 0 N–H and O–H groups in total. The fourth-order valence-corrected chi connectivity index (χ4v) is 6.44. The third kappa shape index (κ3) is 2.58. The van der Waals surface area contributed by atoms with Crippen LogP contribution in [0.15, 0.2) is 127 Å². The quantitative estimate of drug-likeness (QED) is 0.206. The minimum Gasteiger partial charge on any atom is -0.0686 e. The first-order valence-electron chi connectivity index (χ1n) is 12.3. The standard InChI is InChI=1S/C34H21B/c1-3-9-22(10-4-1)26-18-15-23-16-20-29-33-24(17-19-27(26)32(23)33)21-31-34(29)28-13-7-8-14-30(28)35(31)25-11-5-2-6-12-25/h1-21H. The van der Waals surface area contributed by atoms with Gasteiger partial charge in [-0.25, -0.2) is 0 Å². The van der Waals surface area contributed by atoms with Gasteiger partial charge in [-0.15, -0.1) is 0 Å². The molecule has 1 heterocycles. The molecule has 0 spiro atoms. The first-order valence-corrected chi connectivity index (χ1v) is 12.3. The Morgan fingerprint density at radius 2 is 1.09 bits per heavy atom. The highest BCUT2D eigenvalue weighted by Gasteiger charge is 2.34. The van der Waals surface area contributed by atoms with Crippen molar-refractivity contribution < 1.29 is 0 Å². The van der Waals surface area contributed by atoms with Crippen LogP contribution in [0.4, 0.5) is 0 Å². The summed E-state index contributed by atoms with van der Waals surface area (Å²) in [7, 11) is 0. The van der Waals surface area contributed by atoms with Gasteiger partial charge in [0.1, 0.15) is 0 Å². The summed E-state index contributed by atoms with van der Waals surface area (Å²) in [6.07, 6.45) is 0. The van der Waals surface area contributed by atoms with Crippen molar-refractivity contribution in [3.8, 4) is 22.3 Å². The van der Waals surface area contributed by atoms with Crippen molar-refractivity contribution in [3.63, 3.8) is 0 Å². The Balaban J connectivity index is 1.51. The third-order valence-electron chi connectivity index (χ3n) is 7.88. The van der Waals surface area contributed by atoms with Crippen molar-refractivity contribution in [1.82, 2.24) is 0 Å². The normalized spacial score (nSPS) is 12.5. The largest absolute Gasteiger partial charge is 0.242 e. The van der Waals surface area contributed by atoms with Crippen LogP contribution in [0.3, 0.4) is 0 Å². The van der Waals surface area contributed by atoms with E-state index in [-0.39, 0.29) is 6.71 Å². The van der Waals surface area contributed by atoms with Crippen LogP contribution in [0.25, 0.3) is 54.6 Å². The van der Waals surface area contributed by atoms with E-state index in [1.165, 1.54) is 71.0 Å². The Labute approximate surface area is 204 Å². The Morgan fingerprint density at radius 1 is 0.429 bits per heavy atom. The van der Waals surface area contributed by atoms with Gasteiger partial charge in [-0.2, -0.15) is 0 Å². The maximum atomic E-state index is 2.46. The fourth-order valence-electron chi connectivity index (χ4n) is 6.44. The monoisotopic (exact) mass is 440 g/mol. The molecular formula is C34H21B. The fraction of sp³-hybridized carbons (Fsp3) is 0. The number of benzene rings is 7. The molecule has 0 saturated carbocycles. The molecule has 1 heteroatoms. The maximum absolute atomic E-state index is 2.46. The summed E-state index contributed by atoms with van der Waals surface area (Å²) in [5, 5.41) is 8.11. The molecule has 35 heavy (non-hydrogen) atoms. The lowest BCUT2D eigenvalue weighted by atomic mass is 9.39. The topological polar surface area (TPSA) is 0 Å². The van der Waals surface area contributed by atoms with E-state index in [1.54, 1.807) is 0 Å². The van der Waals surface area contributed by atoms with Crippen LogP contribution >= 0.6 is 0 Å². The first-order chi connectivity index (χ1) is 17.4. The highest BCUT2D eigenvalue weighted by Crippen LogP contribution is 2.42. The number of hydrogen-bond acceptors (Lipinski definition) is 0. The Hall–Kier alpha value is -4.36. The van der Waals surface area contributed by atoms with E-state index in [0.717, 1.165) is 0 Å². The summed E-state index contributed by atoms with van der Waals surface area (Å²) >= 11 is 0. The molecule has 7 aromatic carbocycles. The van der Waals surface area contributed by atoms with Crippen LogP contribution in [0.5, 0.6) is 0 Å². The first kappa shape index (κ1) is 19.0. The van der Waals surface area contributed by atoms with Crippen LogP contribution in [0, 0.1) is 0 Å². The van der Waals surface area contributed by atoms with Crippen LogP contribution in [0.1, 0.15) is 0 Å². The smallest absolute Gasteiger partial charge is 0.0686 e. The molecule has 160 valence electrons. The van der Waals surface area contributed by atoms with E-state index >= 15 is 0 Å². The molecular weight excluding hydrogens is 419 g/mol. The highest BCUT2D eigenvalue weighted by atomic mass is 14.2. The summed E-state index contributed by atoms with van der Waals surface area (Å²) < 4.78 is 0. The molecule has 0 fully saturated rings. The molecule has 8 rings (SSSR count). The van der Waals surface area contributed by atoms with Crippen LogP contribution in [0.2, 0.25) is 0 Å². The summed E-state index contributed by atoms with van der Waals surface area (Å²) in [5.74, 6) is 0. The number of fused-ring (bicyclic) bond motifs is 4. The van der Waals surface area contributed by atoms with E-state index in [0.29, 0.717) is 0 Å². The summed E-state index contributed by atoms with van der Waals surface area (Å²) in [5.41, 5.74) is 9.54. The van der Waals surface area contributed by atoms with Gasteiger partial charge in [0.15, 0.2) is 0 Å². The molecule has 0 unspecified atom stereocenters. The second kappa shape index (κ2) is 7.07. The summed E-state index contributed by atoms with van der Waals surface area (Å²) in [4.78, 5) is 0. The van der Waals surface area contributed by atoms with Gasteiger partial charge in [-0.3, -0.25) is 0 Å². The van der Waals surface area contributed by atoms with E-state index < -0.39 is 0 Å². The van der Waals surface area contributed by atoms with Crippen LogP contribution < -0.4 is 16.4 Å². The van der Waals surface area contributed by atoms with E-state index in [1.807, 2.05) is 0 Å². The Morgan fingerprint density at radius 3 is 1.94 bits per heavy atom. The lowest BCUT2D eigenvalue weighted by Gasteiger charge is -2.18. The molecule has 0 aromatic heterocycles. The van der Waals surface area contributed by atoms with Gasteiger partial charge >= 0.3 is 0 Å². The van der Waals surface area contributed by atoms with Crippen LogP contribution in [-0.2, 0) is 0 Å². The van der Waals surface area contributed by atoms with Gasteiger partial charge in [-0.05, 0) is 54.6 Å².